The zero-order valence-corrected chi connectivity index (χ0v) is 12.9. The normalized spacial score (nSPS) is 23.3. The van der Waals surface area contributed by atoms with Crippen LogP contribution in [0.25, 0.3) is 0 Å². The van der Waals surface area contributed by atoms with Gasteiger partial charge in [-0.2, -0.15) is 10.4 Å². The Kier molecular flexibility index (Phi) is 4.07. The minimum absolute atomic E-state index is 0.694. The largest absolute Gasteiger partial charge is 0.354 e. The lowest BCUT2D eigenvalue weighted by Crippen LogP contribution is -2.41. The Hall–Kier alpha value is -1.67. The number of aryl methyl sites for hydroxylation is 1. The van der Waals surface area contributed by atoms with Gasteiger partial charge in [-0.3, -0.25) is 0 Å². The van der Waals surface area contributed by atoms with Crippen molar-refractivity contribution >= 4 is 5.82 Å². The van der Waals surface area contributed by atoms with Crippen LogP contribution in [0.3, 0.4) is 0 Å². The van der Waals surface area contributed by atoms with Crippen molar-refractivity contribution in [2.24, 2.45) is 5.92 Å². The number of nitriles is 1. The number of anilines is 1. The van der Waals surface area contributed by atoms with Crippen LogP contribution in [-0.4, -0.2) is 35.9 Å². The van der Waals surface area contributed by atoms with Crippen molar-refractivity contribution in [3.8, 4) is 6.07 Å². The first-order valence-electron chi connectivity index (χ1n) is 7.93. The maximum atomic E-state index is 9.42. The predicted octanol–water partition coefficient (Wildman–Crippen LogP) is 1.93. The monoisotopic (exact) mass is 285 g/mol. The lowest BCUT2D eigenvalue weighted by Gasteiger charge is -2.35. The molecule has 112 valence electrons. The van der Waals surface area contributed by atoms with Crippen molar-refractivity contribution in [1.29, 1.82) is 5.26 Å². The molecule has 1 atom stereocenters. The Labute approximate surface area is 126 Å². The molecule has 3 heterocycles. The van der Waals surface area contributed by atoms with Gasteiger partial charge in [0.15, 0.2) is 5.82 Å². The van der Waals surface area contributed by atoms with Crippen LogP contribution in [0.1, 0.15) is 42.5 Å². The van der Waals surface area contributed by atoms with Crippen LogP contribution in [0, 0.1) is 31.1 Å². The van der Waals surface area contributed by atoms with E-state index in [-0.39, 0.29) is 0 Å². The first kappa shape index (κ1) is 14.3. The number of hydrogen-bond acceptors (Lipinski definition) is 5. The number of nitrogens with one attached hydrogen (secondary N) is 1. The summed E-state index contributed by atoms with van der Waals surface area (Å²) in [5, 5.41) is 21.5. The van der Waals surface area contributed by atoms with E-state index in [1.807, 2.05) is 13.8 Å². The molecule has 2 aliphatic heterocycles. The zero-order chi connectivity index (χ0) is 14.8. The van der Waals surface area contributed by atoms with E-state index in [0.717, 1.165) is 36.1 Å². The molecule has 0 aliphatic carbocycles. The molecule has 21 heavy (non-hydrogen) atoms. The lowest BCUT2D eigenvalue weighted by atomic mass is 9.88. The van der Waals surface area contributed by atoms with Gasteiger partial charge in [-0.15, -0.1) is 5.10 Å². The summed E-state index contributed by atoms with van der Waals surface area (Å²) in [6, 6.07) is 3.01. The molecule has 2 saturated heterocycles. The second-order valence-corrected chi connectivity index (χ2v) is 6.25. The summed E-state index contributed by atoms with van der Waals surface area (Å²) < 4.78 is 0. The fraction of sp³-hybridized carbons (Fsp3) is 0.688. The van der Waals surface area contributed by atoms with Crippen LogP contribution in [0.2, 0.25) is 0 Å². The fourth-order valence-electron chi connectivity index (χ4n) is 3.58. The van der Waals surface area contributed by atoms with E-state index in [4.69, 9.17) is 0 Å². The molecule has 1 N–H and O–H groups in total. The van der Waals surface area contributed by atoms with E-state index >= 15 is 0 Å². The van der Waals surface area contributed by atoms with Crippen molar-refractivity contribution in [2.45, 2.75) is 45.6 Å². The molecule has 0 amide bonds. The molecule has 1 unspecified atom stereocenters. The van der Waals surface area contributed by atoms with Crippen molar-refractivity contribution in [3.05, 3.63) is 16.8 Å². The highest BCUT2D eigenvalue weighted by Crippen LogP contribution is 2.29. The quantitative estimate of drug-likeness (QED) is 0.899. The Morgan fingerprint density at radius 3 is 2.57 bits per heavy atom. The van der Waals surface area contributed by atoms with E-state index in [1.54, 1.807) is 0 Å². The smallest absolute Gasteiger partial charge is 0.169 e. The minimum atomic E-state index is 0.694. The third-order valence-electron chi connectivity index (χ3n) is 5.05. The molecule has 3 rings (SSSR count). The van der Waals surface area contributed by atoms with Gasteiger partial charge in [0.05, 0.1) is 5.69 Å². The summed E-state index contributed by atoms with van der Waals surface area (Å²) in [6.07, 6.45) is 4.98. The van der Waals surface area contributed by atoms with Gasteiger partial charge in [-0.25, -0.2) is 0 Å². The van der Waals surface area contributed by atoms with Crippen molar-refractivity contribution in [2.75, 3.05) is 24.5 Å². The molecule has 2 fully saturated rings. The molecule has 0 saturated carbocycles. The maximum absolute atomic E-state index is 9.42. The highest BCUT2D eigenvalue weighted by atomic mass is 15.3. The van der Waals surface area contributed by atoms with Gasteiger partial charge in [-0.1, -0.05) is 0 Å². The number of piperidine rings is 1. The highest BCUT2D eigenvalue weighted by molar-refractivity contribution is 5.57. The number of nitrogens with zero attached hydrogens (tertiary/aromatic N) is 4. The van der Waals surface area contributed by atoms with Crippen LogP contribution >= 0.6 is 0 Å². The molecular formula is C16H23N5. The molecule has 5 heteroatoms. The van der Waals surface area contributed by atoms with E-state index in [1.165, 1.54) is 32.2 Å². The minimum Gasteiger partial charge on any atom is -0.354 e. The molecular weight excluding hydrogens is 262 g/mol. The molecule has 0 radical (unpaired) electrons. The number of hydrogen-bond donors (Lipinski definition) is 1. The molecule has 5 nitrogen and oxygen atoms in total. The average molecular weight is 285 g/mol. The standard InChI is InChI=1S/C16H23N5/c1-11-12(2)19-20-16(14(11)10-17)21-8-5-13(6-9-21)15-4-3-7-18-15/h13,15,18H,3-9H2,1-2H3. The van der Waals surface area contributed by atoms with Gasteiger partial charge in [-0.05, 0) is 57.6 Å². The first-order valence-corrected chi connectivity index (χ1v) is 7.93. The summed E-state index contributed by atoms with van der Waals surface area (Å²) in [6.45, 7) is 7.00. The number of rotatable bonds is 2. The van der Waals surface area contributed by atoms with Crippen LogP contribution < -0.4 is 10.2 Å². The Balaban J connectivity index is 1.72. The van der Waals surface area contributed by atoms with E-state index in [2.05, 4.69) is 26.5 Å². The molecule has 0 bridgehead atoms. The second kappa shape index (κ2) is 5.98. The molecule has 2 aliphatic rings. The first-order chi connectivity index (χ1) is 10.2. The van der Waals surface area contributed by atoms with Gasteiger partial charge in [0.2, 0.25) is 0 Å². The van der Waals surface area contributed by atoms with Gasteiger partial charge >= 0.3 is 0 Å². The predicted molar refractivity (Wildman–Crippen MR) is 82.2 cm³/mol. The third-order valence-corrected chi connectivity index (χ3v) is 5.05. The third kappa shape index (κ3) is 2.73. The van der Waals surface area contributed by atoms with Crippen molar-refractivity contribution in [3.63, 3.8) is 0 Å². The Morgan fingerprint density at radius 2 is 1.95 bits per heavy atom. The van der Waals surface area contributed by atoms with Gasteiger partial charge in [0.25, 0.3) is 0 Å². The van der Waals surface area contributed by atoms with E-state index < -0.39 is 0 Å². The van der Waals surface area contributed by atoms with E-state index in [0.29, 0.717) is 11.6 Å². The van der Waals surface area contributed by atoms with Crippen LogP contribution in [0.5, 0.6) is 0 Å². The number of aromatic nitrogens is 2. The summed E-state index contributed by atoms with van der Waals surface area (Å²) in [5.41, 5.74) is 2.50. The SMILES string of the molecule is Cc1nnc(N2CCC(C3CCCN3)CC2)c(C#N)c1C. The van der Waals surface area contributed by atoms with Crippen LogP contribution in [0.4, 0.5) is 5.82 Å². The molecule has 1 aromatic heterocycles. The summed E-state index contributed by atoms with van der Waals surface area (Å²) >= 11 is 0. The summed E-state index contributed by atoms with van der Waals surface area (Å²) in [5.74, 6) is 1.55. The Bertz CT molecular complexity index is 549. The molecule has 1 aromatic rings. The van der Waals surface area contributed by atoms with Crippen molar-refractivity contribution in [1.82, 2.24) is 15.5 Å². The topological polar surface area (TPSA) is 64.8 Å². The van der Waals surface area contributed by atoms with Crippen LogP contribution in [0.15, 0.2) is 0 Å². The summed E-state index contributed by atoms with van der Waals surface area (Å²) in [7, 11) is 0. The highest BCUT2D eigenvalue weighted by Gasteiger charge is 2.29. The summed E-state index contributed by atoms with van der Waals surface area (Å²) in [4.78, 5) is 2.24. The lowest BCUT2D eigenvalue weighted by molar-refractivity contribution is 0.318. The fourth-order valence-corrected chi connectivity index (χ4v) is 3.58. The average Bonchev–Trinajstić information content (AvgIpc) is 3.04. The maximum Gasteiger partial charge on any atom is 0.169 e. The van der Waals surface area contributed by atoms with Crippen LogP contribution in [-0.2, 0) is 0 Å². The second-order valence-electron chi connectivity index (χ2n) is 6.25. The van der Waals surface area contributed by atoms with Crippen molar-refractivity contribution < 1.29 is 0 Å². The van der Waals surface area contributed by atoms with Gasteiger partial charge in [0.1, 0.15) is 11.6 Å². The van der Waals surface area contributed by atoms with E-state index in [9.17, 15) is 5.26 Å². The molecule has 0 aromatic carbocycles. The Morgan fingerprint density at radius 1 is 1.19 bits per heavy atom. The van der Waals surface area contributed by atoms with Gasteiger partial charge in [0, 0.05) is 19.1 Å². The zero-order valence-electron chi connectivity index (χ0n) is 12.9. The van der Waals surface area contributed by atoms with Gasteiger partial charge < -0.3 is 10.2 Å². The molecule has 0 spiro atoms.